The number of rotatable bonds is 1. The zero-order valence-electron chi connectivity index (χ0n) is 8.34. The molecule has 0 unspecified atom stereocenters. The van der Waals surface area contributed by atoms with Crippen molar-refractivity contribution in [2.75, 3.05) is 5.73 Å². The van der Waals surface area contributed by atoms with Gasteiger partial charge in [-0.2, -0.15) is 5.10 Å². The summed E-state index contributed by atoms with van der Waals surface area (Å²) < 4.78 is 15.6. The highest BCUT2D eigenvalue weighted by Crippen LogP contribution is 2.30. The number of hydrogen-bond donors (Lipinski definition) is 1. The molecule has 0 aliphatic rings. The van der Waals surface area contributed by atoms with Crippen molar-refractivity contribution in [1.29, 1.82) is 0 Å². The molecule has 0 spiro atoms. The Kier molecular flexibility index (Phi) is 2.90. The molecule has 1 aromatic heterocycles. The van der Waals surface area contributed by atoms with E-state index >= 15 is 0 Å². The van der Waals surface area contributed by atoms with Crippen molar-refractivity contribution in [1.82, 2.24) is 9.78 Å². The van der Waals surface area contributed by atoms with Crippen molar-refractivity contribution in [3.8, 4) is 5.69 Å². The number of nitrogens with two attached hydrogens (primary N) is 1. The molecule has 6 heteroatoms. The zero-order chi connectivity index (χ0) is 11.9. The Morgan fingerprint density at radius 2 is 2.19 bits per heavy atom. The van der Waals surface area contributed by atoms with E-state index in [1.54, 1.807) is 13.0 Å². The molecule has 0 aliphatic heterocycles. The van der Waals surface area contributed by atoms with Crippen molar-refractivity contribution in [2.45, 2.75) is 6.92 Å². The third-order valence-corrected chi connectivity index (χ3v) is 3.46. The molecule has 0 aliphatic carbocycles. The van der Waals surface area contributed by atoms with E-state index in [9.17, 15) is 4.39 Å². The highest BCUT2D eigenvalue weighted by Gasteiger charge is 2.16. The highest BCUT2D eigenvalue weighted by molar-refractivity contribution is 9.10. The van der Waals surface area contributed by atoms with Crippen LogP contribution < -0.4 is 5.73 Å². The van der Waals surface area contributed by atoms with E-state index in [1.807, 2.05) is 0 Å². The van der Waals surface area contributed by atoms with Crippen LogP contribution in [0.1, 0.15) is 5.69 Å². The first-order chi connectivity index (χ1) is 7.52. The molecule has 3 nitrogen and oxygen atoms in total. The Balaban J connectivity index is 2.72. The molecule has 0 radical (unpaired) electrons. The average Bonchev–Trinajstić information content (AvgIpc) is 2.47. The normalized spacial score (nSPS) is 10.8. The van der Waals surface area contributed by atoms with Crippen LogP contribution in [0, 0.1) is 12.7 Å². The van der Waals surface area contributed by atoms with Crippen LogP contribution in [0.5, 0.6) is 0 Å². The summed E-state index contributed by atoms with van der Waals surface area (Å²) in [7, 11) is 0. The number of aromatic nitrogens is 2. The van der Waals surface area contributed by atoms with Crippen LogP contribution in [0.15, 0.2) is 22.7 Å². The monoisotopic (exact) mass is 303 g/mol. The van der Waals surface area contributed by atoms with Gasteiger partial charge in [0.15, 0.2) is 0 Å². The van der Waals surface area contributed by atoms with E-state index in [0.29, 0.717) is 16.0 Å². The van der Waals surface area contributed by atoms with Gasteiger partial charge in [0, 0.05) is 0 Å². The largest absolute Gasteiger partial charge is 0.383 e. The maximum absolute atomic E-state index is 13.6. The predicted octanol–water partition coefficient (Wildman–Crippen LogP) is 3.32. The van der Waals surface area contributed by atoms with Crippen LogP contribution in [-0.4, -0.2) is 9.78 Å². The van der Waals surface area contributed by atoms with Crippen molar-refractivity contribution >= 4 is 33.3 Å². The Labute approximate surface area is 105 Å². The van der Waals surface area contributed by atoms with Crippen molar-refractivity contribution in [3.05, 3.63) is 39.2 Å². The molecule has 0 saturated carbocycles. The first kappa shape index (κ1) is 11.4. The highest BCUT2D eigenvalue weighted by atomic mass is 79.9. The van der Waals surface area contributed by atoms with Crippen LogP contribution in [0.25, 0.3) is 5.69 Å². The molecule has 2 rings (SSSR count). The molecule has 16 heavy (non-hydrogen) atoms. The molecule has 0 bridgehead atoms. The number of para-hydroxylation sites is 1. The molecule has 0 amide bonds. The minimum absolute atomic E-state index is 0.162. The third kappa shape index (κ3) is 1.70. The SMILES string of the molecule is Cc1nn(-c2c(F)cccc2Cl)c(N)c1Br. The van der Waals surface area contributed by atoms with Crippen molar-refractivity contribution in [2.24, 2.45) is 0 Å². The summed E-state index contributed by atoms with van der Waals surface area (Å²) >= 11 is 9.20. The molecule has 2 N–H and O–H groups in total. The minimum Gasteiger partial charge on any atom is -0.383 e. The maximum atomic E-state index is 13.6. The number of anilines is 1. The topological polar surface area (TPSA) is 43.8 Å². The average molecular weight is 305 g/mol. The third-order valence-electron chi connectivity index (χ3n) is 2.17. The molecule has 0 atom stereocenters. The van der Waals surface area contributed by atoms with Gasteiger partial charge in [0.1, 0.15) is 17.3 Å². The summed E-state index contributed by atoms with van der Waals surface area (Å²) in [6.45, 7) is 1.77. The number of hydrogen-bond acceptors (Lipinski definition) is 2. The Morgan fingerprint density at radius 1 is 1.50 bits per heavy atom. The van der Waals surface area contributed by atoms with E-state index in [0.717, 1.165) is 0 Å². The lowest BCUT2D eigenvalue weighted by molar-refractivity contribution is 0.611. The van der Waals surface area contributed by atoms with E-state index in [4.69, 9.17) is 17.3 Å². The van der Waals surface area contributed by atoms with E-state index < -0.39 is 5.82 Å². The lowest BCUT2D eigenvalue weighted by Gasteiger charge is -2.07. The first-order valence-electron chi connectivity index (χ1n) is 4.47. The molecular weight excluding hydrogens is 296 g/mol. The van der Waals surface area contributed by atoms with E-state index in [1.165, 1.54) is 16.8 Å². The van der Waals surface area contributed by atoms with Gasteiger partial charge in [0.2, 0.25) is 0 Å². The van der Waals surface area contributed by atoms with Crippen molar-refractivity contribution in [3.63, 3.8) is 0 Å². The summed E-state index contributed by atoms with van der Waals surface area (Å²) in [4.78, 5) is 0. The fourth-order valence-corrected chi connectivity index (χ4v) is 1.88. The fourth-order valence-electron chi connectivity index (χ4n) is 1.39. The zero-order valence-corrected chi connectivity index (χ0v) is 10.7. The molecule has 2 aromatic rings. The Morgan fingerprint density at radius 3 is 2.69 bits per heavy atom. The fraction of sp³-hybridized carbons (Fsp3) is 0.100. The smallest absolute Gasteiger partial charge is 0.150 e. The Bertz CT molecular complexity index is 533. The van der Waals surface area contributed by atoms with E-state index in [-0.39, 0.29) is 10.7 Å². The number of benzene rings is 1. The van der Waals surface area contributed by atoms with Gasteiger partial charge < -0.3 is 5.73 Å². The van der Waals surface area contributed by atoms with Crippen LogP contribution in [0.2, 0.25) is 5.02 Å². The summed E-state index contributed by atoms with van der Waals surface area (Å²) in [5.41, 5.74) is 6.64. The van der Waals surface area contributed by atoms with Gasteiger partial charge in [-0.15, -0.1) is 0 Å². The standard InChI is InChI=1S/C10H8BrClFN3/c1-5-8(11)10(14)16(15-5)9-6(12)3-2-4-7(9)13/h2-4H,14H2,1H3. The van der Waals surface area contributed by atoms with Gasteiger partial charge in [-0.1, -0.05) is 17.7 Å². The lowest BCUT2D eigenvalue weighted by atomic mass is 10.3. The van der Waals surface area contributed by atoms with Gasteiger partial charge in [-0.25, -0.2) is 9.07 Å². The van der Waals surface area contributed by atoms with Gasteiger partial charge in [-0.05, 0) is 35.0 Å². The molecule has 0 fully saturated rings. The second kappa shape index (κ2) is 4.07. The number of aryl methyl sites for hydroxylation is 1. The second-order valence-electron chi connectivity index (χ2n) is 3.27. The Hall–Kier alpha value is -1.07. The van der Waals surface area contributed by atoms with Crippen LogP contribution >= 0.6 is 27.5 Å². The first-order valence-corrected chi connectivity index (χ1v) is 5.64. The number of nitrogens with zero attached hydrogens (tertiary/aromatic N) is 2. The lowest BCUT2D eigenvalue weighted by Crippen LogP contribution is -2.05. The maximum Gasteiger partial charge on any atom is 0.150 e. The van der Waals surface area contributed by atoms with Crippen LogP contribution in [0.3, 0.4) is 0 Å². The summed E-state index contributed by atoms with van der Waals surface area (Å²) in [5, 5.41) is 4.39. The predicted molar refractivity (Wildman–Crippen MR) is 65.4 cm³/mol. The minimum atomic E-state index is -0.464. The molecule has 0 saturated heterocycles. The van der Waals surface area contributed by atoms with Crippen LogP contribution in [-0.2, 0) is 0 Å². The van der Waals surface area contributed by atoms with Gasteiger partial charge in [0.05, 0.1) is 15.2 Å². The quantitative estimate of drug-likeness (QED) is 0.878. The van der Waals surface area contributed by atoms with Gasteiger partial charge in [0.25, 0.3) is 0 Å². The van der Waals surface area contributed by atoms with E-state index in [2.05, 4.69) is 21.0 Å². The second-order valence-corrected chi connectivity index (χ2v) is 4.47. The molecule has 1 heterocycles. The summed E-state index contributed by atoms with van der Waals surface area (Å²) in [6.07, 6.45) is 0. The molecule has 84 valence electrons. The number of halogens is 3. The molecular formula is C10H8BrClFN3. The van der Waals surface area contributed by atoms with Crippen molar-refractivity contribution < 1.29 is 4.39 Å². The van der Waals surface area contributed by atoms with Crippen LogP contribution in [0.4, 0.5) is 10.2 Å². The number of nitrogen functional groups attached to an aromatic ring is 1. The molecule has 1 aromatic carbocycles. The summed E-state index contributed by atoms with van der Waals surface area (Å²) in [6, 6.07) is 4.43. The van der Waals surface area contributed by atoms with Gasteiger partial charge >= 0.3 is 0 Å². The van der Waals surface area contributed by atoms with Gasteiger partial charge in [-0.3, -0.25) is 0 Å². The summed E-state index contributed by atoms with van der Waals surface area (Å²) in [5.74, 6) is -0.140.